The van der Waals surface area contributed by atoms with Gasteiger partial charge in [0.1, 0.15) is 24.4 Å². The van der Waals surface area contributed by atoms with E-state index in [0.29, 0.717) is 0 Å². The largest absolute Gasteiger partial charge is 0.496 e. The summed E-state index contributed by atoms with van der Waals surface area (Å²) in [6.45, 7) is 18.5. The van der Waals surface area contributed by atoms with Gasteiger partial charge in [0.05, 0.1) is 20.0 Å². The highest BCUT2D eigenvalue weighted by atomic mass is 16.5. The Hall–Kier alpha value is -4.31. The molecule has 3 aromatic carbocycles. The third kappa shape index (κ3) is 8.84. The molecule has 0 aliphatic carbocycles. The van der Waals surface area contributed by atoms with Crippen LogP contribution in [0.2, 0.25) is 0 Å². The lowest BCUT2D eigenvalue weighted by Gasteiger charge is -2.29. The zero-order valence-corrected chi connectivity index (χ0v) is 26.1. The Morgan fingerprint density at radius 1 is 0.952 bits per heavy atom. The summed E-state index contributed by atoms with van der Waals surface area (Å²) >= 11 is 0. The van der Waals surface area contributed by atoms with E-state index in [-0.39, 0.29) is 12.0 Å². The molecule has 0 radical (unpaired) electrons. The highest BCUT2D eigenvalue weighted by Crippen LogP contribution is 2.41. The molecule has 2 unspecified atom stereocenters. The first kappa shape index (κ1) is 33.9. The number of carbonyl (C=O) groups excluding carboxylic acids is 1. The molecule has 0 saturated carbocycles. The van der Waals surface area contributed by atoms with Crippen molar-refractivity contribution in [1.29, 1.82) is 0 Å². The molecule has 0 fully saturated rings. The van der Waals surface area contributed by atoms with E-state index in [2.05, 4.69) is 80.8 Å². The molecule has 4 rings (SSSR count). The Kier molecular flexibility index (Phi) is 14.1. The zero-order chi connectivity index (χ0) is 31.1. The molecule has 3 aromatic rings. The molecule has 0 saturated heterocycles. The van der Waals surface area contributed by atoms with Crippen LogP contribution in [-0.4, -0.2) is 27.1 Å². The molecule has 0 spiro atoms. The number of hydrogen-bond acceptors (Lipinski definition) is 4. The third-order valence-electron chi connectivity index (χ3n) is 7.06. The molecular formula is C38H46O4. The maximum atomic E-state index is 8.00. The average molecular weight is 567 g/mol. The molecule has 0 bridgehead atoms. The topological polar surface area (TPSA) is 44.8 Å². The molecule has 1 aliphatic rings. The number of aryl methyl sites for hydroxylation is 1. The van der Waals surface area contributed by atoms with Crippen LogP contribution in [0.5, 0.6) is 11.5 Å². The van der Waals surface area contributed by atoms with Crippen LogP contribution in [0.3, 0.4) is 0 Å². The molecule has 42 heavy (non-hydrogen) atoms. The molecule has 0 N–H and O–H groups in total. The van der Waals surface area contributed by atoms with E-state index in [1.165, 1.54) is 0 Å². The van der Waals surface area contributed by atoms with Crippen LogP contribution >= 0.6 is 0 Å². The van der Waals surface area contributed by atoms with Crippen molar-refractivity contribution in [3.8, 4) is 11.5 Å². The Labute approximate surface area is 253 Å². The summed E-state index contributed by atoms with van der Waals surface area (Å²) in [5, 5.41) is 0. The minimum absolute atomic E-state index is 0.159. The second-order valence-electron chi connectivity index (χ2n) is 9.85. The smallest absolute Gasteiger partial charge is 0.126 e. The second-order valence-corrected chi connectivity index (χ2v) is 9.85. The average Bonchev–Trinajstić information content (AvgIpc) is 3.02. The van der Waals surface area contributed by atoms with Gasteiger partial charge in [0.15, 0.2) is 0 Å². The third-order valence-corrected chi connectivity index (χ3v) is 7.06. The van der Waals surface area contributed by atoms with Crippen molar-refractivity contribution in [3.63, 3.8) is 0 Å². The zero-order valence-electron chi connectivity index (χ0n) is 26.1. The lowest BCUT2D eigenvalue weighted by molar-refractivity contribution is -0.0980. The predicted octanol–water partition coefficient (Wildman–Crippen LogP) is 9.83. The van der Waals surface area contributed by atoms with E-state index < -0.39 is 0 Å². The maximum absolute atomic E-state index is 8.00. The normalized spacial score (nSPS) is 14.0. The highest BCUT2D eigenvalue weighted by molar-refractivity contribution is 5.80. The van der Waals surface area contributed by atoms with E-state index in [1.807, 2.05) is 51.8 Å². The Balaban J connectivity index is 0.00000148. The lowest BCUT2D eigenvalue weighted by Crippen LogP contribution is -2.21. The van der Waals surface area contributed by atoms with Crippen molar-refractivity contribution in [1.82, 2.24) is 0 Å². The summed E-state index contributed by atoms with van der Waals surface area (Å²) < 4.78 is 17.4. The van der Waals surface area contributed by atoms with Gasteiger partial charge in [0.2, 0.25) is 0 Å². The van der Waals surface area contributed by atoms with E-state index in [1.54, 1.807) is 14.2 Å². The van der Waals surface area contributed by atoms with Gasteiger partial charge in [-0.2, -0.15) is 0 Å². The first-order chi connectivity index (χ1) is 20.4. The first-order valence-electron chi connectivity index (χ1n) is 14.5. The summed E-state index contributed by atoms with van der Waals surface area (Å²) in [5.74, 6) is 3.00. The van der Waals surface area contributed by atoms with E-state index in [4.69, 9.17) is 19.0 Å². The monoisotopic (exact) mass is 566 g/mol. The van der Waals surface area contributed by atoms with Crippen molar-refractivity contribution < 1.29 is 19.0 Å². The van der Waals surface area contributed by atoms with Crippen LogP contribution in [0.4, 0.5) is 0 Å². The van der Waals surface area contributed by atoms with Gasteiger partial charge < -0.3 is 19.0 Å². The summed E-state index contributed by atoms with van der Waals surface area (Å²) in [7, 11) is 3.42. The number of hydrogen-bond donors (Lipinski definition) is 0. The van der Waals surface area contributed by atoms with E-state index >= 15 is 0 Å². The van der Waals surface area contributed by atoms with Gasteiger partial charge in [-0.25, -0.2) is 0 Å². The molecule has 1 aliphatic heterocycles. The quantitative estimate of drug-likeness (QED) is 0.219. The molecule has 4 heteroatoms. The minimum atomic E-state index is 0.159. The van der Waals surface area contributed by atoms with Gasteiger partial charge in [0, 0.05) is 12.0 Å². The fourth-order valence-electron chi connectivity index (χ4n) is 4.99. The fourth-order valence-corrected chi connectivity index (χ4v) is 4.99. The van der Waals surface area contributed by atoms with Crippen molar-refractivity contribution >= 4 is 24.5 Å². The predicted molar refractivity (Wildman–Crippen MR) is 178 cm³/mol. The van der Waals surface area contributed by atoms with Gasteiger partial charge >= 0.3 is 0 Å². The number of ether oxygens (including phenoxy) is 3. The molecule has 0 aromatic heterocycles. The number of carbonyl (C=O) groups is 1. The Morgan fingerprint density at radius 2 is 1.57 bits per heavy atom. The van der Waals surface area contributed by atoms with Crippen molar-refractivity contribution in [2.75, 3.05) is 14.2 Å². The molecular weight excluding hydrogens is 520 g/mol. The number of allylic oxidation sites excluding steroid dienone is 2. The van der Waals surface area contributed by atoms with Gasteiger partial charge in [-0.15, -0.1) is 0 Å². The second kappa shape index (κ2) is 17.5. The summed E-state index contributed by atoms with van der Waals surface area (Å²) in [5.41, 5.74) is 7.74. The SMILES string of the molecule is C=Cc1ccc(C(=C)c2ccccc2)cc1/C=C\CCC1C=C(CC(C)c2c(OC)cc(C)cc2OC)O1.C=O.CC. The number of rotatable bonds is 12. The molecule has 0 amide bonds. The Morgan fingerprint density at radius 3 is 2.14 bits per heavy atom. The summed E-state index contributed by atoms with van der Waals surface area (Å²) in [6.07, 6.45) is 11.4. The van der Waals surface area contributed by atoms with Gasteiger partial charge in [-0.05, 0) is 83.3 Å². The van der Waals surface area contributed by atoms with Crippen molar-refractivity contribution in [2.45, 2.75) is 59.0 Å². The van der Waals surface area contributed by atoms with Crippen LogP contribution in [0, 0.1) is 6.92 Å². The van der Waals surface area contributed by atoms with Gasteiger partial charge in [0.25, 0.3) is 0 Å². The van der Waals surface area contributed by atoms with Gasteiger partial charge in [-0.3, -0.25) is 0 Å². The van der Waals surface area contributed by atoms with E-state index in [9.17, 15) is 0 Å². The van der Waals surface area contributed by atoms with Crippen LogP contribution in [0.1, 0.15) is 79.3 Å². The standard InChI is InChI=1S/C35H38O3.C2H6.CH2O/c1-7-27-17-18-29(26(4)28-13-9-8-10-14-28)22-30(27)15-11-12-16-31-23-32(38-31)21-25(3)35-33(36-5)19-24(2)20-34(35)37-6;2*1-2/h7-11,13-15,17-20,22-23,25,31H,1,4,12,16,21H2,2-3,5-6H3;1-2H3;1H2/b15-11-;;. The number of benzene rings is 3. The summed E-state index contributed by atoms with van der Waals surface area (Å²) in [4.78, 5) is 8.00. The van der Waals surface area contributed by atoms with Crippen molar-refractivity contribution in [2.24, 2.45) is 0 Å². The van der Waals surface area contributed by atoms with Gasteiger partial charge in [-0.1, -0.05) is 94.6 Å². The highest BCUT2D eigenvalue weighted by Gasteiger charge is 2.25. The van der Waals surface area contributed by atoms with Crippen molar-refractivity contribution in [3.05, 3.63) is 125 Å². The molecule has 4 nitrogen and oxygen atoms in total. The number of methoxy groups -OCH3 is 2. The molecule has 222 valence electrons. The lowest BCUT2D eigenvalue weighted by atomic mass is 9.92. The van der Waals surface area contributed by atoms with Crippen LogP contribution in [0.25, 0.3) is 17.7 Å². The summed E-state index contributed by atoms with van der Waals surface area (Å²) in [6, 6.07) is 20.8. The van der Waals surface area contributed by atoms with E-state index in [0.717, 1.165) is 75.5 Å². The minimum Gasteiger partial charge on any atom is -0.496 e. The Bertz CT molecular complexity index is 1340. The molecule has 2 atom stereocenters. The van der Waals surface area contributed by atoms with Crippen LogP contribution < -0.4 is 9.47 Å². The van der Waals surface area contributed by atoms with Crippen LogP contribution in [-0.2, 0) is 9.53 Å². The van der Waals surface area contributed by atoms with Crippen LogP contribution in [0.15, 0.2) is 91.7 Å². The molecule has 1 heterocycles. The maximum Gasteiger partial charge on any atom is 0.126 e. The first-order valence-corrected chi connectivity index (χ1v) is 14.5. The fraction of sp³-hybridized carbons (Fsp3) is 0.289.